The molecule has 0 radical (unpaired) electrons. The van der Waals surface area contributed by atoms with Crippen LogP contribution in [0.4, 0.5) is 0 Å². The fourth-order valence-corrected chi connectivity index (χ4v) is 4.32. The number of aromatic hydroxyl groups is 1. The van der Waals surface area contributed by atoms with Crippen molar-refractivity contribution in [1.82, 2.24) is 4.90 Å². The van der Waals surface area contributed by atoms with Crippen LogP contribution in [0.15, 0.2) is 57.7 Å². The average Bonchev–Trinajstić information content (AvgIpc) is 3.19. The molecule has 2 aromatic carbocycles. The van der Waals surface area contributed by atoms with Crippen molar-refractivity contribution in [1.29, 1.82) is 0 Å². The first-order chi connectivity index (χ1) is 14.1. The number of nitrogens with zero attached hydrogens (tertiary/aromatic N) is 1. The molecule has 150 valence electrons. The van der Waals surface area contributed by atoms with Gasteiger partial charge in [0.05, 0.1) is 13.2 Å². The molecule has 3 aromatic rings. The van der Waals surface area contributed by atoms with E-state index in [2.05, 4.69) is 4.90 Å². The molecule has 5 rings (SSSR count). The number of likely N-dealkylation sites (tertiary alicyclic amines) is 1. The molecule has 1 spiro atoms. The van der Waals surface area contributed by atoms with Crippen molar-refractivity contribution >= 4 is 11.0 Å². The Morgan fingerprint density at radius 2 is 1.72 bits per heavy atom. The Hall–Kier alpha value is -2.67. The number of hydrogen-bond donors (Lipinski definition) is 1. The maximum absolute atomic E-state index is 12.2. The molecule has 3 heterocycles. The Morgan fingerprint density at radius 1 is 1.00 bits per heavy atom. The van der Waals surface area contributed by atoms with Crippen LogP contribution in [-0.2, 0) is 16.0 Å². The van der Waals surface area contributed by atoms with Crippen LogP contribution in [0.25, 0.3) is 22.1 Å². The van der Waals surface area contributed by atoms with E-state index < -0.39 is 5.79 Å². The molecule has 0 bridgehead atoms. The van der Waals surface area contributed by atoms with Gasteiger partial charge in [-0.1, -0.05) is 30.3 Å². The van der Waals surface area contributed by atoms with Crippen LogP contribution in [-0.4, -0.2) is 42.1 Å². The van der Waals surface area contributed by atoms with E-state index in [0.29, 0.717) is 30.9 Å². The number of hydrogen-bond acceptors (Lipinski definition) is 6. The Labute approximate surface area is 168 Å². The first-order valence-electron chi connectivity index (χ1n) is 9.97. The van der Waals surface area contributed by atoms with Crippen LogP contribution >= 0.6 is 0 Å². The van der Waals surface area contributed by atoms with Gasteiger partial charge in [0, 0.05) is 49.5 Å². The summed E-state index contributed by atoms with van der Waals surface area (Å²) < 4.78 is 17.0. The molecule has 2 saturated heterocycles. The number of benzene rings is 2. The van der Waals surface area contributed by atoms with Crippen LogP contribution < -0.4 is 5.63 Å². The van der Waals surface area contributed by atoms with E-state index in [-0.39, 0.29) is 11.4 Å². The van der Waals surface area contributed by atoms with Crippen molar-refractivity contribution in [3.8, 4) is 16.9 Å². The van der Waals surface area contributed by atoms with E-state index in [4.69, 9.17) is 13.9 Å². The van der Waals surface area contributed by atoms with Gasteiger partial charge in [-0.25, -0.2) is 4.79 Å². The average molecular weight is 393 g/mol. The third kappa shape index (κ3) is 3.55. The highest BCUT2D eigenvalue weighted by Gasteiger charge is 2.39. The number of phenolic OH excluding ortho intramolecular Hbond substituents is 1. The molecule has 0 amide bonds. The normalized spacial score (nSPS) is 19.2. The molecule has 29 heavy (non-hydrogen) atoms. The van der Waals surface area contributed by atoms with Gasteiger partial charge in [0.1, 0.15) is 11.3 Å². The Kier molecular flexibility index (Phi) is 4.62. The summed E-state index contributed by atoms with van der Waals surface area (Å²) >= 11 is 0. The molecule has 6 nitrogen and oxygen atoms in total. The van der Waals surface area contributed by atoms with E-state index in [1.165, 1.54) is 6.07 Å². The Balaban J connectivity index is 1.45. The van der Waals surface area contributed by atoms with Gasteiger partial charge in [-0.2, -0.15) is 0 Å². The SMILES string of the molecule is O=c1cc(CN2CCC3(CC2)OCCO3)c2cc(O)c(-c3ccccc3)cc2o1. The van der Waals surface area contributed by atoms with Crippen molar-refractivity contribution in [3.63, 3.8) is 0 Å². The molecule has 6 heteroatoms. The first-order valence-corrected chi connectivity index (χ1v) is 9.97. The van der Waals surface area contributed by atoms with Gasteiger partial charge < -0.3 is 19.0 Å². The van der Waals surface area contributed by atoms with Crippen LogP contribution in [0.1, 0.15) is 18.4 Å². The summed E-state index contributed by atoms with van der Waals surface area (Å²) in [5.41, 5.74) is 2.48. The van der Waals surface area contributed by atoms with Gasteiger partial charge in [-0.15, -0.1) is 0 Å². The summed E-state index contributed by atoms with van der Waals surface area (Å²) in [4.78, 5) is 14.5. The minimum absolute atomic E-state index is 0.171. The zero-order valence-electron chi connectivity index (χ0n) is 16.1. The summed E-state index contributed by atoms with van der Waals surface area (Å²) in [6.45, 7) is 3.59. The molecule has 0 atom stereocenters. The zero-order valence-corrected chi connectivity index (χ0v) is 16.1. The number of ether oxygens (including phenoxy) is 2. The van der Waals surface area contributed by atoms with Crippen LogP contribution in [0.5, 0.6) is 5.75 Å². The van der Waals surface area contributed by atoms with Crippen LogP contribution in [0.3, 0.4) is 0 Å². The zero-order chi connectivity index (χ0) is 19.8. The lowest BCUT2D eigenvalue weighted by molar-refractivity contribution is -0.185. The molecule has 2 fully saturated rings. The minimum Gasteiger partial charge on any atom is -0.507 e. The third-order valence-corrected chi connectivity index (χ3v) is 5.86. The largest absolute Gasteiger partial charge is 0.507 e. The van der Waals surface area contributed by atoms with Crippen molar-refractivity contribution < 1.29 is 19.0 Å². The van der Waals surface area contributed by atoms with Crippen molar-refractivity contribution in [2.45, 2.75) is 25.2 Å². The van der Waals surface area contributed by atoms with Gasteiger partial charge >= 0.3 is 5.63 Å². The molecule has 2 aliphatic rings. The maximum Gasteiger partial charge on any atom is 0.336 e. The molecule has 0 unspecified atom stereocenters. The molecule has 1 aromatic heterocycles. The van der Waals surface area contributed by atoms with Gasteiger partial charge in [-0.3, -0.25) is 4.90 Å². The second-order valence-corrected chi connectivity index (χ2v) is 7.71. The minimum atomic E-state index is -0.420. The monoisotopic (exact) mass is 393 g/mol. The number of fused-ring (bicyclic) bond motifs is 1. The van der Waals surface area contributed by atoms with Gasteiger partial charge in [0.25, 0.3) is 0 Å². The summed E-state index contributed by atoms with van der Waals surface area (Å²) in [5.74, 6) is -0.249. The lowest BCUT2D eigenvalue weighted by Gasteiger charge is -2.37. The van der Waals surface area contributed by atoms with Gasteiger partial charge in [-0.05, 0) is 23.3 Å². The van der Waals surface area contributed by atoms with Crippen molar-refractivity contribution in [2.75, 3.05) is 26.3 Å². The standard InChI is InChI=1S/C23H23NO5/c25-20-13-19-17(15-24-8-6-23(7-9-24)27-10-11-28-23)12-22(26)29-21(19)14-18(20)16-4-2-1-3-5-16/h1-5,12-14,25H,6-11,15H2. The number of rotatable bonds is 3. The molecule has 0 saturated carbocycles. The van der Waals surface area contributed by atoms with E-state index >= 15 is 0 Å². The highest BCUT2D eigenvalue weighted by molar-refractivity contribution is 5.88. The lowest BCUT2D eigenvalue weighted by atomic mass is 9.99. The highest BCUT2D eigenvalue weighted by Crippen LogP contribution is 2.35. The highest BCUT2D eigenvalue weighted by atomic mass is 16.7. The van der Waals surface area contributed by atoms with Crippen LogP contribution in [0.2, 0.25) is 0 Å². The van der Waals surface area contributed by atoms with E-state index in [1.54, 1.807) is 12.1 Å². The predicted molar refractivity (Wildman–Crippen MR) is 109 cm³/mol. The summed E-state index contributed by atoms with van der Waals surface area (Å²) in [6.07, 6.45) is 1.63. The van der Waals surface area contributed by atoms with Gasteiger partial charge in [0.15, 0.2) is 5.79 Å². The second-order valence-electron chi connectivity index (χ2n) is 7.71. The number of phenols is 1. The Bertz CT molecular complexity index is 1080. The quantitative estimate of drug-likeness (QED) is 0.687. The molecule has 2 aliphatic heterocycles. The summed E-state index contributed by atoms with van der Waals surface area (Å²) in [5, 5.41) is 11.4. The Morgan fingerprint density at radius 3 is 2.45 bits per heavy atom. The topological polar surface area (TPSA) is 72.1 Å². The fraction of sp³-hybridized carbons (Fsp3) is 0.348. The number of piperidine rings is 1. The molecular formula is C23H23NO5. The van der Waals surface area contributed by atoms with Crippen LogP contribution in [0, 0.1) is 0 Å². The fourth-order valence-electron chi connectivity index (χ4n) is 4.32. The molecular weight excluding hydrogens is 370 g/mol. The van der Waals surface area contributed by atoms with Gasteiger partial charge in [0.2, 0.25) is 0 Å². The first kappa shape index (κ1) is 18.4. The van der Waals surface area contributed by atoms with E-state index in [0.717, 1.165) is 42.4 Å². The van der Waals surface area contributed by atoms with Crippen molar-refractivity contribution in [3.05, 3.63) is 64.5 Å². The summed E-state index contributed by atoms with van der Waals surface area (Å²) in [6, 6.07) is 14.5. The van der Waals surface area contributed by atoms with Crippen molar-refractivity contribution in [2.24, 2.45) is 0 Å². The molecule has 1 N–H and O–H groups in total. The predicted octanol–water partition coefficient (Wildman–Crippen LogP) is 3.50. The van der Waals surface area contributed by atoms with E-state index in [9.17, 15) is 9.90 Å². The smallest absolute Gasteiger partial charge is 0.336 e. The van der Waals surface area contributed by atoms with E-state index in [1.807, 2.05) is 30.3 Å². The lowest BCUT2D eigenvalue weighted by Crippen LogP contribution is -2.44. The molecule has 0 aliphatic carbocycles. The second kappa shape index (κ2) is 7.30. The maximum atomic E-state index is 12.2. The summed E-state index contributed by atoms with van der Waals surface area (Å²) in [7, 11) is 0. The third-order valence-electron chi connectivity index (χ3n) is 5.86.